The molecule has 1 heterocycles. The van der Waals surface area contributed by atoms with E-state index in [2.05, 4.69) is 23.7 Å². The van der Waals surface area contributed by atoms with Gasteiger partial charge in [-0.1, -0.05) is 0 Å². The predicted octanol–water partition coefficient (Wildman–Crippen LogP) is 1.51. The number of rotatable bonds is 2. The normalized spacial score (nSPS) is 24.6. The third-order valence-corrected chi connectivity index (χ3v) is 2.53. The first kappa shape index (κ1) is 10.6. The minimum absolute atomic E-state index is 0.654. The molecule has 0 N–H and O–H groups in total. The van der Waals surface area contributed by atoms with Gasteiger partial charge in [0.05, 0.1) is 6.61 Å². The molecule has 74 valence electrons. The molecular weight excluding hydrogens is 162 g/mol. The Kier molecular flexibility index (Phi) is 4.88. The van der Waals surface area contributed by atoms with Crippen LogP contribution in [0.25, 0.3) is 0 Å². The Morgan fingerprint density at radius 2 is 2.31 bits per heavy atom. The van der Waals surface area contributed by atoms with Crippen LogP contribution in [-0.4, -0.2) is 37.2 Å². The highest BCUT2D eigenvalue weighted by atomic mass is 16.5. The molecule has 1 atom stereocenters. The summed E-state index contributed by atoms with van der Waals surface area (Å²) in [6.45, 7) is 8.11. The van der Waals surface area contributed by atoms with Crippen molar-refractivity contribution < 1.29 is 4.74 Å². The van der Waals surface area contributed by atoms with Crippen molar-refractivity contribution in [2.75, 3.05) is 26.3 Å². The molecule has 2 nitrogen and oxygen atoms in total. The van der Waals surface area contributed by atoms with E-state index >= 15 is 0 Å². The molecule has 2 heteroatoms. The van der Waals surface area contributed by atoms with Gasteiger partial charge >= 0.3 is 0 Å². The molecule has 0 spiro atoms. The zero-order chi connectivity index (χ0) is 9.52. The molecule has 1 aliphatic rings. The quantitative estimate of drug-likeness (QED) is 0.599. The van der Waals surface area contributed by atoms with Crippen molar-refractivity contribution in [2.24, 2.45) is 0 Å². The molecule has 0 saturated carbocycles. The Hall–Kier alpha value is -0.520. The molecule has 0 aromatic rings. The Balaban J connectivity index is 2.30. The highest BCUT2D eigenvalue weighted by molar-refractivity contribution is 4.95. The van der Waals surface area contributed by atoms with Crippen LogP contribution in [0.15, 0.2) is 0 Å². The first-order valence-corrected chi connectivity index (χ1v) is 5.06. The van der Waals surface area contributed by atoms with Gasteiger partial charge in [-0.25, -0.2) is 0 Å². The van der Waals surface area contributed by atoms with Crippen LogP contribution in [0.1, 0.15) is 26.7 Å². The minimum Gasteiger partial charge on any atom is -0.380 e. The molecule has 1 aliphatic heterocycles. The highest BCUT2D eigenvalue weighted by Gasteiger charge is 2.15. The van der Waals surface area contributed by atoms with Crippen LogP contribution < -0.4 is 0 Å². The van der Waals surface area contributed by atoms with Crippen LogP contribution in [0, 0.1) is 11.8 Å². The van der Waals surface area contributed by atoms with E-state index in [0.717, 1.165) is 39.1 Å². The molecule has 0 aliphatic carbocycles. The van der Waals surface area contributed by atoms with Crippen LogP contribution in [0.2, 0.25) is 0 Å². The van der Waals surface area contributed by atoms with Gasteiger partial charge in [0.25, 0.3) is 0 Å². The second kappa shape index (κ2) is 6.01. The van der Waals surface area contributed by atoms with Crippen LogP contribution in [0.5, 0.6) is 0 Å². The van der Waals surface area contributed by atoms with E-state index in [1.54, 1.807) is 0 Å². The van der Waals surface area contributed by atoms with E-state index in [4.69, 9.17) is 4.74 Å². The Labute approximate surface area is 81.3 Å². The summed E-state index contributed by atoms with van der Waals surface area (Å²) in [6, 6.07) is 0.654. The average molecular weight is 181 g/mol. The lowest BCUT2D eigenvalue weighted by molar-refractivity contribution is 0.141. The summed E-state index contributed by atoms with van der Waals surface area (Å²) in [5.74, 6) is 6.03. The van der Waals surface area contributed by atoms with E-state index in [-0.39, 0.29) is 0 Å². The average Bonchev–Trinajstić information content (AvgIpc) is 2.32. The zero-order valence-electron chi connectivity index (χ0n) is 8.68. The number of hydrogen-bond donors (Lipinski definition) is 0. The van der Waals surface area contributed by atoms with Crippen molar-refractivity contribution in [1.29, 1.82) is 0 Å². The van der Waals surface area contributed by atoms with E-state index in [1.165, 1.54) is 0 Å². The lowest BCUT2D eigenvalue weighted by Gasteiger charge is -2.24. The van der Waals surface area contributed by atoms with Crippen molar-refractivity contribution >= 4 is 0 Å². The topological polar surface area (TPSA) is 12.5 Å². The summed E-state index contributed by atoms with van der Waals surface area (Å²) in [7, 11) is 0. The van der Waals surface area contributed by atoms with Crippen LogP contribution in [0.4, 0.5) is 0 Å². The molecule has 1 unspecified atom stereocenters. The SMILES string of the molecule is CC#CCCN1CCOCCC1C. The third kappa shape index (κ3) is 3.80. The summed E-state index contributed by atoms with van der Waals surface area (Å²) < 4.78 is 5.42. The van der Waals surface area contributed by atoms with Crippen LogP contribution in [-0.2, 0) is 4.74 Å². The maximum atomic E-state index is 5.42. The molecule has 0 amide bonds. The monoisotopic (exact) mass is 181 g/mol. The van der Waals surface area contributed by atoms with Gasteiger partial charge < -0.3 is 4.74 Å². The highest BCUT2D eigenvalue weighted by Crippen LogP contribution is 2.08. The van der Waals surface area contributed by atoms with Crippen molar-refractivity contribution in [1.82, 2.24) is 4.90 Å². The van der Waals surface area contributed by atoms with Gasteiger partial charge in [0.2, 0.25) is 0 Å². The Morgan fingerprint density at radius 1 is 1.46 bits per heavy atom. The Morgan fingerprint density at radius 3 is 3.08 bits per heavy atom. The maximum Gasteiger partial charge on any atom is 0.0593 e. The zero-order valence-corrected chi connectivity index (χ0v) is 8.68. The Bertz CT molecular complexity index is 192. The third-order valence-electron chi connectivity index (χ3n) is 2.53. The first-order valence-electron chi connectivity index (χ1n) is 5.06. The molecule has 1 fully saturated rings. The smallest absolute Gasteiger partial charge is 0.0593 e. The summed E-state index contributed by atoms with van der Waals surface area (Å²) in [6.07, 6.45) is 2.14. The summed E-state index contributed by atoms with van der Waals surface area (Å²) in [5, 5.41) is 0. The van der Waals surface area contributed by atoms with Crippen molar-refractivity contribution in [3.63, 3.8) is 0 Å². The summed E-state index contributed by atoms with van der Waals surface area (Å²) in [5.41, 5.74) is 0. The van der Waals surface area contributed by atoms with Gasteiger partial charge in [0.1, 0.15) is 0 Å². The van der Waals surface area contributed by atoms with Gasteiger partial charge in [0.15, 0.2) is 0 Å². The van der Waals surface area contributed by atoms with Gasteiger partial charge in [-0.05, 0) is 20.3 Å². The van der Waals surface area contributed by atoms with E-state index in [9.17, 15) is 0 Å². The lowest BCUT2D eigenvalue weighted by atomic mass is 10.2. The summed E-state index contributed by atoms with van der Waals surface area (Å²) >= 11 is 0. The fraction of sp³-hybridized carbons (Fsp3) is 0.818. The van der Waals surface area contributed by atoms with Crippen LogP contribution in [0.3, 0.4) is 0 Å². The molecule has 0 aromatic carbocycles. The molecule has 0 aromatic heterocycles. The fourth-order valence-corrected chi connectivity index (χ4v) is 1.60. The van der Waals surface area contributed by atoms with Gasteiger partial charge in [-0.2, -0.15) is 0 Å². The number of hydrogen-bond acceptors (Lipinski definition) is 2. The first-order chi connectivity index (χ1) is 6.34. The van der Waals surface area contributed by atoms with E-state index in [1.807, 2.05) is 6.92 Å². The second-order valence-corrected chi connectivity index (χ2v) is 3.46. The summed E-state index contributed by atoms with van der Waals surface area (Å²) in [4.78, 5) is 2.47. The lowest BCUT2D eigenvalue weighted by Crippen LogP contribution is -2.34. The van der Waals surface area contributed by atoms with Crippen molar-refractivity contribution in [3.8, 4) is 11.8 Å². The molecule has 0 radical (unpaired) electrons. The predicted molar refractivity (Wildman–Crippen MR) is 54.5 cm³/mol. The van der Waals surface area contributed by atoms with E-state index < -0.39 is 0 Å². The maximum absolute atomic E-state index is 5.42. The number of ether oxygens (including phenoxy) is 1. The molecular formula is C11H19NO. The van der Waals surface area contributed by atoms with Gasteiger partial charge in [0, 0.05) is 32.2 Å². The van der Waals surface area contributed by atoms with Crippen molar-refractivity contribution in [2.45, 2.75) is 32.7 Å². The number of nitrogens with zero attached hydrogens (tertiary/aromatic N) is 1. The molecule has 1 rings (SSSR count). The fourth-order valence-electron chi connectivity index (χ4n) is 1.60. The van der Waals surface area contributed by atoms with Gasteiger partial charge in [-0.3, -0.25) is 4.90 Å². The minimum atomic E-state index is 0.654. The largest absolute Gasteiger partial charge is 0.380 e. The van der Waals surface area contributed by atoms with Crippen molar-refractivity contribution in [3.05, 3.63) is 0 Å². The molecule has 1 saturated heterocycles. The van der Waals surface area contributed by atoms with Crippen LogP contribution >= 0.6 is 0 Å². The standard InChI is InChI=1S/C11H19NO/c1-3-4-5-7-12-8-10-13-9-6-11(12)2/h11H,5-10H2,1-2H3. The van der Waals surface area contributed by atoms with E-state index in [0.29, 0.717) is 6.04 Å². The van der Waals surface area contributed by atoms with Gasteiger partial charge in [-0.15, -0.1) is 11.8 Å². The second-order valence-electron chi connectivity index (χ2n) is 3.46. The molecule has 0 bridgehead atoms. The molecule has 13 heavy (non-hydrogen) atoms.